The lowest BCUT2D eigenvalue weighted by Crippen LogP contribution is -2.17. The van der Waals surface area contributed by atoms with Crippen LogP contribution in [0.4, 0.5) is 0 Å². The van der Waals surface area contributed by atoms with Crippen molar-refractivity contribution in [2.75, 3.05) is 6.61 Å². The van der Waals surface area contributed by atoms with Gasteiger partial charge >= 0.3 is 0 Å². The van der Waals surface area contributed by atoms with Gasteiger partial charge in [0.1, 0.15) is 6.61 Å². The fourth-order valence-corrected chi connectivity index (χ4v) is 3.51. The van der Waals surface area contributed by atoms with Crippen LogP contribution in [-0.4, -0.2) is 18.7 Å². The number of hydrogen-bond donors (Lipinski definition) is 1. The van der Waals surface area contributed by atoms with Crippen molar-refractivity contribution in [3.05, 3.63) is 91.3 Å². The number of carbonyl (C=O) groups is 1. The van der Waals surface area contributed by atoms with Gasteiger partial charge in [0, 0.05) is 25.1 Å². The SMILES string of the molecule is CCOc1cc(/C=N\NC(=O)c2cccc(Cl)c2)c(Br)cc1OCc1ccc(Br)cc1. The third-order valence-corrected chi connectivity index (χ3v) is 5.58. The molecule has 1 amide bonds. The van der Waals surface area contributed by atoms with Crippen molar-refractivity contribution in [3.63, 3.8) is 0 Å². The molecule has 0 saturated heterocycles. The minimum absolute atomic E-state index is 0.352. The van der Waals surface area contributed by atoms with Crippen molar-refractivity contribution in [1.29, 1.82) is 0 Å². The van der Waals surface area contributed by atoms with E-state index in [9.17, 15) is 4.79 Å². The topological polar surface area (TPSA) is 59.9 Å². The number of halogens is 3. The molecule has 0 spiro atoms. The van der Waals surface area contributed by atoms with Gasteiger partial charge in [0.15, 0.2) is 11.5 Å². The molecule has 3 rings (SSSR count). The van der Waals surface area contributed by atoms with E-state index in [1.165, 1.54) is 6.21 Å². The van der Waals surface area contributed by atoms with Gasteiger partial charge in [-0.25, -0.2) is 5.43 Å². The van der Waals surface area contributed by atoms with E-state index >= 15 is 0 Å². The van der Waals surface area contributed by atoms with Crippen molar-refractivity contribution in [1.82, 2.24) is 5.43 Å². The molecule has 0 aliphatic carbocycles. The molecule has 0 fully saturated rings. The van der Waals surface area contributed by atoms with Crippen LogP contribution in [0.25, 0.3) is 0 Å². The summed E-state index contributed by atoms with van der Waals surface area (Å²) in [5.74, 6) is 0.844. The summed E-state index contributed by atoms with van der Waals surface area (Å²) in [6.07, 6.45) is 1.54. The van der Waals surface area contributed by atoms with E-state index in [4.69, 9.17) is 21.1 Å². The number of carbonyl (C=O) groups excluding carboxylic acids is 1. The molecule has 0 atom stereocenters. The molecular formula is C23H19Br2ClN2O3. The molecule has 3 aromatic carbocycles. The van der Waals surface area contributed by atoms with Crippen molar-refractivity contribution in [2.45, 2.75) is 13.5 Å². The van der Waals surface area contributed by atoms with Gasteiger partial charge in [-0.2, -0.15) is 5.10 Å². The van der Waals surface area contributed by atoms with Gasteiger partial charge in [-0.05, 0) is 70.9 Å². The fourth-order valence-electron chi connectivity index (χ4n) is 2.63. The first-order valence-corrected chi connectivity index (χ1v) is 11.3. The number of nitrogens with zero attached hydrogens (tertiary/aromatic N) is 1. The van der Waals surface area contributed by atoms with Crippen LogP contribution in [0.5, 0.6) is 11.5 Å². The maximum atomic E-state index is 12.2. The molecule has 1 N–H and O–H groups in total. The van der Waals surface area contributed by atoms with Crippen LogP contribution in [0.2, 0.25) is 5.02 Å². The first-order chi connectivity index (χ1) is 15.0. The molecule has 0 radical (unpaired) electrons. The van der Waals surface area contributed by atoms with Crippen LogP contribution >= 0.6 is 43.5 Å². The second-order valence-electron chi connectivity index (χ2n) is 6.38. The standard InChI is InChI=1S/C23H19Br2ClN2O3/c1-2-30-21-11-17(13-27-28-23(29)16-4-3-5-19(26)10-16)20(25)12-22(21)31-14-15-6-8-18(24)9-7-15/h3-13H,2,14H2,1H3,(H,28,29)/b27-13-. The molecule has 0 saturated carbocycles. The summed E-state index contributed by atoms with van der Waals surface area (Å²) in [6.45, 7) is 2.79. The largest absolute Gasteiger partial charge is 0.490 e. The van der Waals surface area contributed by atoms with E-state index in [0.717, 1.165) is 20.1 Å². The molecule has 0 aliphatic heterocycles. The van der Waals surface area contributed by atoms with E-state index < -0.39 is 0 Å². The molecule has 0 unspecified atom stereocenters. The number of hydrogen-bond acceptors (Lipinski definition) is 4. The molecule has 0 aromatic heterocycles. The van der Waals surface area contributed by atoms with Crippen LogP contribution < -0.4 is 14.9 Å². The Balaban J connectivity index is 1.72. The Bertz CT molecular complexity index is 1090. The number of hydrazone groups is 1. The average molecular weight is 567 g/mol. The van der Waals surface area contributed by atoms with E-state index in [2.05, 4.69) is 42.4 Å². The fraction of sp³-hybridized carbons (Fsp3) is 0.130. The summed E-state index contributed by atoms with van der Waals surface area (Å²) in [7, 11) is 0. The first kappa shape index (κ1) is 23.3. The minimum Gasteiger partial charge on any atom is -0.490 e. The average Bonchev–Trinajstić information content (AvgIpc) is 2.75. The van der Waals surface area contributed by atoms with Gasteiger partial charge in [0.2, 0.25) is 0 Å². The second-order valence-corrected chi connectivity index (χ2v) is 8.58. The van der Waals surface area contributed by atoms with Gasteiger partial charge in [0.05, 0.1) is 12.8 Å². The smallest absolute Gasteiger partial charge is 0.271 e. The first-order valence-electron chi connectivity index (χ1n) is 9.39. The summed E-state index contributed by atoms with van der Waals surface area (Å²) in [4.78, 5) is 12.2. The molecule has 160 valence electrons. The van der Waals surface area contributed by atoms with Crippen LogP contribution in [-0.2, 0) is 6.61 Å². The van der Waals surface area contributed by atoms with E-state index in [0.29, 0.717) is 35.3 Å². The molecule has 0 aliphatic rings. The van der Waals surface area contributed by atoms with Crippen molar-refractivity contribution >= 4 is 55.6 Å². The minimum atomic E-state index is -0.352. The number of nitrogens with one attached hydrogen (secondary N) is 1. The predicted octanol–water partition coefficient (Wildman–Crippen LogP) is 6.61. The highest BCUT2D eigenvalue weighted by Gasteiger charge is 2.11. The van der Waals surface area contributed by atoms with Gasteiger partial charge < -0.3 is 9.47 Å². The Hall–Kier alpha value is -2.35. The van der Waals surface area contributed by atoms with Crippen molar-refractivity contribution in [3.8, 4) is 11.5 Å². The summed E-state index contributed by atoms with van der Waals surface area (Å²) >= 11 is 12.9. The Morgan fingerprint density at radius 2 is 1.81 bits per heavy atom. The molecule has 8 heteroatoms. The lowest BCUT2D eigenvalue weighted by atomic mass is 10.2. The number of benzene rings is 3. The Kier molecular flexibility index (Phi) is 8.51. The zero-order chi connectivity index (χ0) is 22.2. The maximum absolute atomic E-state index is 12.2. The number of amides is 1. The molecule has 5 nitrogen and oxygen atoms in total. The molecular weight excluding hydrogens is 548 g/mol. The highest BCUT2D eigenvalue weighted by atomic mass is 79.9. The Labute approximate surface area is 202 Å². The lowest BCUT2D eigenvalue weighted by Gasteiger charge is -2.14. The second kappa shape index (κ2) is 11.3. The highest BCUT2D eigenvalue weighted by molar-refractivity contribution is 9.10. The van der Waals surface area contributed by atoms with Crippen LogP contribution in [0.15, 0.2) is 74.7 Å². The zero-order valence-electron chi connectivity index (χ0n) is 16.6. The van der Waals surface area contributed by atoms with Crippen LogP contribution in [0.1, 0.15) is 28.4 Å². The van der Waals surface area contributed by atoms with Crippen molar-refractivity contribution < 1.29 is 14.3 Å². The summed E-state index contributed by atoms with van der Waals surface area (Å²) in [5.41, 5.74) is 4.69. The van der Waals surface area contributed by atoms with Gasteiger partial charge in [-0.3, -0.25) is 4.79 Å². The summed E-state index contributed by atoms with van der Waals surface area (Å²) < 4.78 is 13.5. The van der Waals surface area contributed by atoms with Gasteiger partial charge in [-0.1, -0.05) is 45.7 Å². The monoisotopic (exact) mass is 564 g/mol. The third-order valence-electron chi connectivity index (χ3n) is 4.13. The lowest BCUT2D eigenvalue weighted by molar-refractivity contribution is 0.0955. The zero-order valence-corrected chi connectivity index (χ0v) is 20.5. The Morgan fingerprint density at radius 3 is 2.52 bits per heavy atom. The van der Waals surface area contributed by atoms with E-state index in [1.54, 1.807) is 30.3 Å². The van der Waals surface area contributed by atoms with E-state index in [1.807, 2.05) is 37.3 Å². The Morgan fingerprint density at radius 1 is 1.06 bits per heavy atom. The number of ether oxygens (including phenoxy) is 2. The van der Waals surface area contributed by atoms with Gasteiger partial charge in [-0.15, -0.1) is 0 Å². The van der Waals surface area contributed by atoms with Gasteiger partial charge in [0.25, 0.3) is 5.91 Å². The molecule has 31 heavy (non-hydrogen) atoms. The van der Waals surface area contributed by atoms with Crippen LogP contribution in [0, 0.1) is 0 Å². The predicted molar refractivity (Wildman–Crippen MR) is 130 cm³/mol. The molecule has 0 heterocycles. The molecule has 3 aromatic rings. The normalized spacial score (nSPS) is 10.8. The van der Waals surface area contributed by atoms with Crippen LogP contribution in [0.3, 0.4) is 0 Å². The van der Waals surface area contributed by atoms with Crippen molar-refractivity contribution in [2.24, 2.45) is 5.10 Å². The number of rotatable bonds is 8. The maximum Gasteiger partial charge on any atom is 0.271 e. The molecule has 0 bridgehead atoms. The summed E-state index contributed by atoms with van der Waals surface area (Å²) in [6, 6.07) is 18.2. The highest BCUT2D eigenvalue weighted by Crippen LogP contribution is 2.34. The third kappa shape index (κ3) is 6.82. The van der Waals surface area contributed by atoms with E-state index in [-0.39, 0.29) is 5.91 Å². The quantitative estimate of drug-likeness (QED) is 0.247. The summed E-state index contributed by atoms with van der Waals surface area (Å²) in [5, 5.41) is 4.53.